The Labute approximate surface area is 248 Å². The highest BCUT2D eigenvalue weighted by atomic mass is 16.7. The van der Waals surface area contributed by atoms with Gasteiger partial charge in [-0.25, -0.2) is 0 Å². The van der Waals surface area contributed by atoms with Gasteiger partial charge in [0.1, 0.15) is 26.2 Å². The Hall–Kier alpha value is -0.810. The smallest absolute Gasteiger partial charge is 0.146 e. The second-order valence-corrected chi connectivity index (χ2v) is 14.0. The second-order valence-electron chi connectivity index (χ2n) is 14.0. The molecule has 4 aliphatic rings. The maximum absolute atomic E-state index is 9.22. The minimum atomic E-state index is 0.0989. The Balaban J connectivity index is 1.69. The molecule has 0 saturated heterocycles. The number of nitrogens with one attached hydrogen (secondary N) is 2. The van der Waals surface area contributed by atoms with Crippen LogP contribution in [0.4, 0.5) is 0 Å². The van der Waals surface area contributed by atoms with E-state index in [9.17, 15) is 5.21 Å². The van der Waals surface area contributed by atoms with Crippen molar-refractivity contribution in [2.75, 3.05) is 41.7 Å². The van der Waals surface area contributed by atoms with Gasteiger partial charge in [-0.05, 0) is 97.2 Å². The predicted molar refractivity (Wildman–Crippen MR) is 156 cm³/mol. The zero-order chi connectivity index (χ0) is 29.8. The Morgan fingerprint density at radius 3 is 2.22 bits per heavy atom. The van der Waals surface area contributed by atoms with E-state index in [1.165, 1.54) is 19.3 Å². The molecule has 9 heteroatoms. The van der Waals surface area contributed by atoms with E-state index < -0.39 is 0 Å². The van der Waals surface area contributed by atoms with Crippen LogP contribution in [0.3, 0.4) is 0 Å². The van der Waals surface area contributed by atoms with E-state index in [4.69, 9.17) is 33.8 Å². The number of fused-ring (bicyclic) bond motifs is 5. The molecule has 0 aromatic rings. The molecule has 0 amide bonds. The van der Waals surface area contributed by atoms with Gasteiger partial charge in [0.15, 0.2) is 0 Å². The fourth-order valence-electron chi connectivity index (χ4n) is 10.6. The SMILES string of the molecule is CC[C@H]1[C@@H](OCOC)C2C3C[C@H](OCOC)[C@H]([C@H](C)CCC(=N)NO)[C@@]3(C)CCC2[C@@]2(C)CC[C@@H](OCOC)C[C@@H]12. The van der Waals surface area contributed by atoms with Crippen molar-refractivity contribution in [2.24, 2.45) is 52.3 Å². The molecule has 4 aliphatic carbocycles. The standard InChI is InChI=1S/C32H58N2O7/c1-8-22-24-15-21(39-17-36-5)11-13-31(24,3)23-12-14-32(4)25(28(23)30(22)41-19-38-7)16-26(40-18-37-6)29(32)20(2)9-10-27(33)34-35/h20-26,28-30,35H,8-19H2,1-7H3,(H2,33,34)/t20-,21-,22-,23?,24+,25?,26+,28?,29+,30-,31-,32+/m1/s1. The van der Waals surface area contributed by atoms with Gasteiger partial charge in [0, 0.05) is 27.8 Å². The fourth-order valence-corrected chi connectivity index (χ4v) is 10.6. The summed E-state index contributed by atoms with van der Waals surface area (Å²) < 4.78 is 35.6. The van der Waals surface area contributed by atoms with Crippen LogP contribution in [0.1, 0.15) is 85.5 Å². The summed E-state index contributed by atoms with van der Waals surface area (Å²) in [6, 6.07) is 0. The molecule has 0 radical (unpaired) electrons. The molecule has 12 atom stereocenters. The molecule has 238 valence electrons. The molecule has 3 N–H and O–H groups in total. The first-order valence-corrected chi connectivity index (χ1v) is 16.0. The summed E-state index contributed by atoms with van der Waals surface area (Å²) >= 11 is 0. The largest absolute Gasteiger partial charge is 0.359 e. The lowest BCUT2D eigenvalue weighted by atomic mass is 9.41. The summed E-state index contributed by atoms with van der Waals surface area (Å²) in [6.07, 6.45) is 9.65. The summed E-state index contributed by atoms with van der Waals surface area (Å²) in [6.45, 7) is 10.7. The second kappa shape index (κ2) is 14.3. The van der Waals surface area contributed by atoms with Crippen LogP contribution in [0, 0.1) is 57.7 Å². The zero-order valence-corrected chi connectivity index (χ0v) is 26.7. The number of hydroxylamine groups is 1. The molecule has 0 aliphatic heterocycles. The van der Waals surface area contributed by atoms with Gasteiger partial charge in [0.25, 0.3) is 0 Å². The molecule has 4 rings (SSSR count). The average Bonchev–Trinajstić information content (AvgIpc) is 3.28. The lowest BCUT2D eigenvalue weighted by Gasteiger charge is -2.65. The molecule has 4 saturated carbocycles. The number of hydrogen-bond donors (Lipinski definition) is 3. The van der Waals surface area contributed by atoms with Crippen molar-refractivity contribution >= 4 is 5.84 Å². The van der Waals surface area contributed by atoms with E-state index in [0.29, 0.717) is 68.2 Å². The number of amidine groups is 1. The maximum atomic E-state index is 9.22. The van der Waals surface area contributed by atoms with Crippen molar-refractivity contribution in [1.82, 2.24) is 5.48 Å². The molecule has 4 fully saturated rings. The van der Waals surface area contributed by atoms with Gasteiger partial charge in [-0.2, -0.15) is 0 Å². The summed E-state index contributed by atoms with van der Waals surface area (Å²) in [5.74, 6) is 3.35. The van der Waals surface area contributed by atoms with Crippen LogP contribution < -0.4 is 5.48 Å². The Bertz CT molecular complexity index is 847. The molecule has 0 aromatic carbocycles. The van der Waals surface area contributed by atoms with Gasteiger partial charge in [-0.15, -0.1) is 0 Å². The van der Waals surface area contributed by atoms with Crippen molar-refractivity contribution in [2.45, 2.75) is 104 Å². The third kappa shape index (κ3) is 6.38. The van der Waals surface area contributed by atoms with E-state index in [0.717, 1.165) is 32.1 Å². The molecule has 0 aromatic heterocycles. The van der Waals surface area contributed by atoms with Crippen LogP contribution in [0.15, 0.2) is 0 Å². The highest BCUT2D eigenvalue weighted by Gasteiger charge is 2.67. The average molecular weight is 583 g/mol. The Morgan fingerprint density at radius 2 is 1.56 bits per heavy atom. The minimum absolute atomic E-state index is 0.0989. The van der Waals surface area contributed by atoms with E-state index >= 15 is 0 Å². The third-order valence-corrected chi connectivity index (χ3v) is 12.2. The number of ether oxygens (including phenoxy) is 6. The maximum Gasteiger partial charge on any atom is 0.146 e. The number of rotatable bonds is 14. The fraction of sp³-hybridized carbons (Fsp3) is 0.969. The van der Waals surface area contributed by atoms with Gasteiger partial charge < -0.3 is 28.4 Å². The summed E-state index contributed by atoms with van der Waals surface area (Å²) in [5, 5.41) is 17.2. The third-order valence-electron chi connectivity index (χ3n) is 12.2. The van der Waals surface area contributed by atoms with Crippen molar-refractivity contribution in [3.05, 3.63) is 0 Å². The van der Waals surface area contributed by atoms with Gasteiger partial charge in [0.05, 0.1) is 18.3 Å². The molecule has 9 nitrogen and oxygen atoms in total. The molecular formula is C32H58N2O7. The predicted octanol–water partition coefficient (Wildman–Crippen LogP) is 5.84. The molecule has 41 heavy (non-hydrogen) atoms. The molecule has 0 spiro atoms. The van der Waals surface area contributed by atoms with Crippen LogP contribution in [0.2, 0.25) is 0 Å². The topological polar surface area (TPSA) is 111 Å². The Kier molecular flexibility index (Phi) is 11.6. The number of methoxy groups -OCH3 is 3. The van der Waals surface area contributed by atoms with Gasteiger partial charge in [-0.3, -0.25) is 16.1 Å². The van der Waals surface area contributed by atoms with E-state index in [-0.39, 0.29) is 35.0 Å². The first-order chi connectivity index (χ1) is 19.7. The lowest BCUT2D eigenvalue weighted by Crippen LogP contribution is -2.63. The van der Waals surface area contributed by atoms with E-state index in [1.54, 1.807) is 21.3 Å². The first kappa shape index (κ1) is 33.1. The molecular weight excluding hydrogens is 524 g/mol. The molecule has 0 bridgehead atoms. The lowest BCUT2D eigenvalue weighted by molar-refractivity contribution is -0.239. The van der Waals surface area contributed by atoms with Gasteiger partial charge in [0.2, 0.25) is 0 Å². The van der Waals surface area contributed by atoms with Crippen molar-refractivity contribution < 1.29 is 33.6 Å². The summed E-state index contributed by atoms with van der Waals surface area (Å²) in [7, 11) is 5.13. The minimum Gasteiger partial charge on any atom is -0.359 e. The molecule has 0 heterocycles. The first-order valence-electron chi connectivity index (χ1n) is 16.0. The van der Waals surface area contributed by atoms with Gasteiger partial charge in [-0.1, -0.05) is 34.1 Å². The highest BCUT2D eigenvalue weighted by molar-refractivity contribution is 5.77. The van der Waals surface area contributed by atoms with E-state index in [2.05, 4.69) is 27.7 Å². The number of hydrogen-bond acceptors (Lipinski definition) is 8. The quantitative estimate of drug-likeness (QED) is 0.101. The van der Waals surface area contributed by atoms with E-state index in [1.807, 2.05) is 5.48 Å². The van der Waals surface area contributed by atoms with Crippen LogP contribution in [-0.2, 0) is 28.4 Å². The van der Waals surface area contributed by atoms with Crippen LogP contribution >= 0.6 is 0 Å². The van der Waals surface area contributed by atoms with Crippen molar-refractivity contribution in [3.63, 3.8) is 0 Å². The van der Waals surface area contributed by atoms with Gasteiger partial charge >= 0.3 is 0 Å². The van der Waals surface area contributed by atoms with Crippen LogP contribution in [-0.4, -0.2) is 71.1 Å². The van der Waals surface area contributed by atoms with Crippen LogP contribution in [0.25, 0.3) is 0 Å². The monoisotopic (exact) mass is 582 g/mol. The zero-order valence-electron chi connectivity index (χ0n) is 26.7. The highest BCUT2D eigenvalue weighted by Crippen LogP contribution is 2.70. The summed E-state index contributed by atoms with van der Waals surface area (Å²) in [4.78, 5) is 0. The summed E-state index contributed by atoms with van der Waals surface area (Å²) in [5.41, 5.74) is 2.38. The van der Waals surface area contributed by atoms with Crippen molar-refractivity contribution in [1.29, 1.82) is 5.41 Å². The van der Waals surface area contributed by atoms with Crippen LogP contribution in [0.5, 0.6) is 0 Å². The normalized spacial score (nSPS) is 42.7. The van der Waals surface area contributed by atoms with Crippen molar-refractivity contribution in [3.8, 4) is 0 Å². The Morgan fingerprint density at radius 1 is 0.902 bits per heavy atom. The molecule has 3 unspecified atom stereocenters.